The Balaban J connectivity index is 3.29. The van der Waals surface area contributed by atoms with Gasteiger partial charge >= 0.3 is 0 Å². The molecule has 0 aliphatic carbocycles. The Morgan fingerprint density at radius 2 is 1.44 bits per heavy atom. The molecule has 0 spiro atoms. The molecule has 0 atom stereocenters. The molecular formula is C12H16Cl2O2. The van der Waals surface area contributed by atoms with Crippen molar-refractivity contribution in [2.24, 2.45) is 0 Å². The zero-order valence-corrected chi connectivity index (χ0v) is 11.0. The van der Waals surface area contributed by atoms with Gasteiger partial charge in [-0.3, -0.25) is 0 Å². The van der Waals surface area contributed by atoms with E-state index in [1.807, 2.05) is 13.8 Å². The van der Waals surface area contributed by atoms with E-state index in [1.165, 1.54) is 0 Å². The Labute approximate surface area is 106 Å². The number of hydrogen-bond donors (Lipinski definition) is 2. The molecule has 1 aromatic carbocycles. The minimum atomic E-state index is -0.136. The summed E-state index contributed by atoms with van der Waals surface area (Å²) >= 11 is 12.1. The summed E-state index contributed by atoms with van der Waals surface area (Å²) in [6.45, 7) is 3.90. The van der Waals surface area contributed by atoms with Crippen molar-refractivity contribution in [3.63, 3.8) is 0 Å². The van der Waals surface area contributed by atoms with Crippen LogP contribution < -0.4 is 0 Å². The first-order valence-electron chi connectivity index (χ1n) is 5.45. The topological polar surface area (TPSA) is 40.5 Å². The van der Waals surface area contributed by atoms with Gasteiger partial charge in [0, 0.05) is 11.1 Å². The van der Waals surface area contributed by atoms with E-state index in [2.05, 4.69) is 0 Å². The predicted octanol–water partition coefficient (Wildman–Crippen LogP) is 4.31. The quantitative estimate of drug-likeness (QED) is 0.794. The molecule has 0 bridgehead atoms. The van der Waals surface area contributed by atoms with Crippen molar-refractivity contribution in [1.29, 1.82) is 0 Å². The van der Waals surface area contributed by atoms with E-state index in [4.69, 9.17) is 23.2 Å². The van der Waals surface area contributed by atoms with Crippen LogP contribution in [0.15, 0.2) is 0 Å². The molecule has 0 amide bonds. The summed E-state index contributed by atoms with van der Waals surface area (Å²) in [5.74, 6) is -0.261. The summed E-state index contributed by atoms with van der Waals surface area (Å²) < 4.78 is 0. The van der Waals surface area contributed by atoms with Gasteiger partial charge in [0.05, 0.1) is 10.0 Å². The molecule has 4 heteroatoms. The first-order chi connectivity index (χ1) is 7.54. The van der Waals surface area contributed by atoms with Crippen molar-refractivity contribution in [3.05, 3.63) is 21.2 Å². The smallest absolute Gasteiger partial charge is 0.162 e. The van der Waals surface area contributed by atoms with E-state index in [0.717, 1.165) is 12.8 Å². The molecule has 90 valence electrons. The molecule has 0 aromatic heterocycles. The van der Waals surface area contributed by atoms with Crippen molar-refractivity contribution in [3.8, 4) is 11.5 Å². The standard InChI is InChI=1S/C12H16Cl2O2/c1-3-5-6-8-10(14)9(13)7(4-2)11(15)12(8)16/h15-16H,3-6H2,1-2H3. The largest absolute Gasteiger partial charge is 0.504 e. The van der Waals surface area contributed by atoms with E-state index in [9.17, 15) is 10.2 Å². The Morgan fingerprint density at radius 1 is 0.938 bits per heavy atom. The molecule has 0 aliphatic heterocycles. The number of phenolic OH excluding ortho intramolecular Hbond substituents is 2. The molecule has 0 unspecified atom stereocenters. The zero-order valence-electron chi connectivity index (χ0n) is 9.48. The van der Waals surface area contributed by atoms with Crippen LogP contribution in [0.25, 0.3) is 0 Å². The maximum Gasteiger partial charge on any atom is 0.162 e. The summed E-state index contributed by atoms with van der Waals surface area (Å²) in [5.41, 5.74) is 1.05. The molecule has 2 N–H and O–H groups in total. The first-order valence-corrected chi connectivity index (χ1v) is 6.20. The van der Waals surface area contributed by atoms with Gasteiger partial charge in [0.2, 0.25) is 0 Å². The summed E-state index contributed by atoms with van der Waals surface area (Å²) in [5, 5.41) is 20.4. The molecule has 1 aromatic rings. The van der Waals surface area contributed by atoms with Crippen molar-refractivity contribution in [2.45, 2.75) is 39.5 Å². The minimum Gasteiger partial charge on any atom is -0.504 e. The Hall–Kier alpha value is -0.600. The van der Waals surface area contributed by atoms with Gasteiger partial charge in [-0.25, -0.2) is 0 Å². The zero-order chi connectivity index (χ0) is 12.3. The van der Waals surface area contributed by atoms with E-state index in [0.29, 0.717) is 34.0 Å². The average molecular weight is 263 g/mol. The van der Waals surface area contributed by atoms with Gasteiger partial charge in [-0.05, 0) is 19.3 Å². The van der Waals surface area contributed by atoms with Crippen molar-refractivity contribution >= 4 is 23.2 Å². The van der Waals surface area contributed by atoms with Crippen LogP contribution in [0.4, 0.5) is 0 Å². The predicted molar refractivity (Wildman–Crippen MR) is 67.8 cm³/mol. The van der Waals surface area contributed by atoms with Gasteiger partial charge in [-0.15, -0.1) is 0 Å². The van der Waals surface area contributed by atoms with Crippen molar-refractivity contribution < 1.29 is 10.2 Å². The lowest BCUT2D eigenvalue weighted by molar-refractivity contribution is 0.395. The number of hydrogen-bond acceptors (Lipinski definition) is 2. The second-order valence-electron chi connectivity index (χ2n) is 3.74. The molecule has 0 heterocycles. The molecule has 16 heavy (non-hydrogen) atoms. The molecule has 0 fully saturated rings. The Bertz CT molecular complexity index is 360. The van der Waals surface area contributed by atoms with Crippen LogP contribution in [0.2, 0.25) is 10.0 Å². The highest BCUT2D eigenvalue weighted by molar-refractivity contribution is 6.43. The van der Waals surface area contributed by atoms with Crippen molar-refractivity contribution in [2.75, 3.05) is 0 Å². The fraction of sp³-hybridized carbons (Fsp3) is 0.500. The van der Waals surface area contributed by atoms with Gasteiger partial charge in [0.25, 0.3) is 0 Å². The van der Waals surface area contributed by atoms with Crippen LogP contribution in [-0.2, 0) is 12.8 Å². The van der Waals surface area contributed by atoms with E-state index in [1.54, 1.807) is 0 Å². The third-order valence-corrected chi connectivity index (χ3v) is 3.58. The third-order valence-electron chi connectivity index (χ3n) is 2.65. The van der Waals surface area contributed by atoms with Crippen LogP contribution in [-0.4, -0.2) is 10.2 Å². The number of benzene rings is 1. The highest BCUT2D eigenvalue weighted by Crippen LogP contribution is 2.44. The maximum absolute atomic E-state index is 9.85. The molecule has 0 saturated carbocycles. The van der Waals surface area contributed by atoms with Crippen LogP contribution >= 0.6 is 23.2 Å². The van der Waals surface area contributed by atoms with Gasteiger partial charge in [0.1, 0.15) is 0 Å². The van der Waals surface area contributed by atoms with Crippen LogP contribution in [0.1, 0.15) is 37.8 Å². The number of phenols is 2. The lowest BCUT2D eigenvalue weighted by Gasteiger charge is -2.14. The number of halogens is 2. The summed E-state index contributed by atoms with van der Waals surface area (Å²) in [6, 6.07) is 0. The molecule has 1 rings (SSSR count). The summed E-state index contributed by atoms with van der Waals surface area (Å²) in [6.07, 6.45) is 3.04. The first kappa shape index (κ1) is 13.5. The number of unbranched alkanes of at least 4 members (excludes halogenated alkanes) is 1. The summed E-state index contributed by atoms with van der Waals surface area (Å²) in [7, 11) is 0. The van der Waals surface area contributed by atoms with Gasteiger partial charge in [-0.1, -0.05) is 43.5 Å². The van der Waals surface area contributed by atoms with E-state index >= 15 is 0 Å². The maximum atomic E-state index is 9.85. The SMILES string of the molecule is CCCCc1c(O)c(O)c(CC)c(Cl)c1Cl. The fourth-order valence-electron chi connectivity index (χ4n) is 1.66. The van der Waals surface area contributed by atoms with Gasteiger partial charge < -0.3 is 10.2 Å². The average Bonchev–Trinajstić information content (AvgIpc) is 2.27. The van der Waals surface area contributed by atoms with Gasteiger partial charge in [-0.2, -0.15) is 0 Å². The van der Waals surface area contributed by atoms with Crippen LogP contribution in [0.3, 0.4) is 0 Å². The minimum absolute atomic E-state index is 0.125. The van der Waals surface area contributed by atoms with E-state index < -0.39 is 0 Å². The second-order valence-corrected chi connectivity index (χ2v) is 4.50. The molecule has 2 nitrogen and oxygen atoms in total. The summed E-state index contributed by atoms with van der Waals surface area (Å²) in [4.78, 5) is 0. The number of aromatic hydroxyl groups is 2. The van der Waals surface area contributed by atoms with Gasteiger partial charge in [0.15, 0.2) is 11.5 Å². The molecule has 0 radical (unpaired) electrons. The van der Waals surface area contributed by atoms with E-state index in [-0.39, 0.29) is 11.5 Å². The molecular weight excluding hydrogens is 247 g/mol. The lowest BCUT2D eigenvalue weighted by Crippen LogP contribution is -1.94. The molecule has 0 aliphatic rings. The lowest BCUT2D eigenvalue weighted by atomic mass is 10.0. The number of rotatable bonds is 4. The van der Waals surface area contributed by atoms with Crippen LogP contribution in [0.5, 0.6) is 11.5 Å². The van der Waals surface area contributed by atoms with Crippen LogP contribution in [0, 0.1) is 0 Å². The molecule has 0 saturated heterocycles. The van der Waals surface area contributed by atoms with Crippen molar-refractivity contribution in [1.82, 2.24) is 0 Å². The fourth-order valence-corrected chi connectivity index (χ4v) is 2.30. The normalized spacial score (nSPS) is 10.8. The second kappa shape index (κ2) is 5.65. The third kappa shape index (κ3) is 2.38. The highest BCUT2D eigenvalue weighted by Gasteiger charge is 2.19. The highest BCUT2D eigenvalue weighted by atomic mass is 35.5. The monoisotopic (exact) mass is 262 g/mol. The Morgan fingerprint density at radius 3 is 1.94 bits per heavy atom. The Kier molecular flexibility index (Phi) is 4.75.